The molecule has 18 heavy (non-hydrogen) atoms. The van der Waals surface area contributed by atoms with E-state index in [1.165, 1.54) is 6.42 Å². The van der Waals surface area contributed by atoms with Crippen LogP contribution in [0.15, 0.2) is 28.9 Å². The lowest BCUT2D eigenvalue weighted by Crippen LogP contribution is -2.15. The van der Waals surface area contributed by atoms with Crippen LogP contribution >= 0.6 is 15.9 Å². The van der Waals surface area contributed by atoms with Crippen molar-refractivity contribution in [3.8, 4) is 5.75 Å². The van der Waals surface area contributed by atoms with Gasteiger partial charge in [-0.15, -0.1) is 0 Å². The lowest BCUT2D eigenvalue weighted by Gasteiger charge is -2.17. The van der Waals surface area contributed by atoms with E-state index in [-0.39, 0.29) is 11.9 Å². The second kappa shape index (κ2) is 5.67. The summed E-state index contributed by atoms with van der Waals surface area (Å²) in [4.78, 5) is 4.13. The van der Waals surface area contributed by atoms with Gasteiger partial charge in [0.25, 0.3) is 0 Å². The number of pyridine rings is 1. The Morgan fingerprint density at radius 1 is 1.28 bits per heavy atom. The van der Waals surface area contributed by atoms with Crippen molar-refractivity contribution in [2.24, 2.45) is 0 Å². The number of aryl methyl sites for hydroxylation is 1. The third kappa shape index (κ3) is 3.00. The number of aromatic nitrogens is 1. The number of aliphatic hydroxyl groups is 1. The summed E-state index contributed by atoms with van der Waals surface area (Å²) in [6.45, 7) is 1.93. The van der Waals surface area contributed by atoms with Gasteiger partial charge in [0.05, 0.1) is 6.10 Å². The zero-order valence-corrected chi connectivity index (χ0v) is 11.8. The van der Waals surface area contributed by atoms with Crippen LogP contribution in [-0.4, -0.2) is 21.3 Å². The number of aromatic hydroxyl groups is 1. The topological polar surface area (TPSA) is 53.4 Å². The Hall–Kier alpha value is -1.13. The average Bonchev–Trinajstić information content (AvgIpc) is 2.32. The largest absolute Gasteiger partial charge is 0.507 e. The number of nitrogens with zero attached hydrogens (tertiary/aromatic N) is 1. The average molecular weight is 310 g/mol. The number of hydrogen-bond donors (Lipinski definition) is 2. The first kappa shape index (κ1) is 13.3. The molecule has 3 rings (SSSR count). The molecule has 4 heteroatoms. The third-order valence-corrected chi connectivity index (χ3v) is 3.73. The van der Waals surface area contributed by atoms with Gasteiger partial charge in [-0.2, -0.15) is 0 Å². The fourth-order valence-electron chi connectivity index (χ4n) is 1.68. The Morgan fingerprint density at radius 3 is 2.50 bits per heavy atom. The van der Waals surface area contributed by atoms with E-state index in [4.69, 9.17) is 5.11 Å². The molecule has 96 valence electrons. The fraction of sp³-hybridized carbons (Fsp3) is 0.357. The number of phenolic OH excluding ortho intramolecular Hbond substituents is 1. The Morgan fingerprint density at radius 2 is 1.94 bits per heavy atom. The van der Waals surface area contributed by atoms with Crippen molar-refractivity contribution in [3.05, 3.63) is 34.6 Å². The van der Waals surface area contributed by atoms with Gasteiger partial charge in [-0.05, 0) is 44.4 Å². The number of benzene rings is 1. The van der Waals surface area contributed by atoms with E-state index in [2.05, 4.69) is 20.9 Å². The number of phenols is 1. The molecule has 1 fully saturated rings. The molecule has 0 radical (unpaired) electrons. The zero-order chi connectivity index (χ0) is 13.1. The van der Waals surface area contributed by atoms with Gasteiger partial charge >= 0.3 is 0 Å². The van der Waals surface area contributed by atoms with Gasteiger partial charge in [0.2, 0.25) is 0 Å². The Kier molecular flexibility index (Phi) is 4.19. The fourth-order valence-corrected chi connectivity index (χ4v) is 2.14. The summed E-state index contributed by atoms with van der Waals surface area (Å²) < 4.78 is 0.978. The Balaban J connectivity index is 0.000000202. The second-order valence-electron chi connectivity index (χ2n) is 4.52. The van der Waals surface area contributed by atoms with Crippen LogP contribution in [0.5, 0.6) is 5.75 Å². The van der Waals surface area contributed by atoms with Crippen LogP contribution in [0.2, 0.25) is 0 Å². The monoisotopic (exact) mass is 309 g/mol. The number of fused-ring (bicyclic) bond motifs is 1. The molecule has 1 aromatic heterocycles. The van der Waals surface area contributed by atoms with E-state index >= 15 is 0 Å². The van der Waals surface area contributed by atoms with Gasteiger partial charge in [-0.25, -0.2) is 0 Å². The van der Waals surface area contributed by atoms with Gasteiger partial charge in [0.15, 0.2) is 0 Å². The molecule has 0 atom stereocenters. The number of halogens is 1. The maximum atomic E-state index is 9.53. The normalized spacial score (nSPS) is 14.8. The van der Waals surface area contributed by atoms with Crippen LogP contribution in [0.1, 0.15) is 25.0 Å². The highest BCUT2D eigenvalue weighted by Gasteiger charge is 2.11. The minimum absolute atomic E-state index is 0.0648. The molecule has 0 bridgehead atoms. The predicted octanol–water partition coefficient (Wildman–Crippen LogP) is 3.54. The molecule has 1 aliphatic carbocycles. The number of rotatable bonds is 0. The molecule has 3 nitrogen and oxygen atoms in total. The van der Waals surface area contributed by atoms with Gasteiger partial charge in [-0.1, -0.05) is 15.9 Å². The molecule has 2 N–H and O–H groups in total. The number of aliphatic hydroxyl groups excluding tert-OH is 1. The van der Waals surface area contributed by atoms with Crippen molar-refractivity contribution < 1.29 is 10.2 Å². The van der Waals surface area contributed by atoms with Crippen LogP contribution < -0.4 is 0 Å². The molecular weight excluding hydrogens is 294 g/mol. The molecule has 1 heterocycles. The van der Waals surface area contributed by atoms with Crippen molar-refractivity contribution in [1.29, 1.82) is 0 Å². The molecule has 0 aliphatic heterocycles. The Bertz CT molecular complexity index is 553. The minimum Gasteiger partial charge on any atom is -0.507 e. The predicted molar refractivity (Wildman–Crippen MR) is 75.7 cm³/mol. The summed E-state index contributed by atoms with van der Waals surface area (Å²) in [5.74, 6) is 0.269. The molecule has 0 amide bonds. The van der Waals surface area contributed by atoms with Crippen molar-refractivity contribution in [3.63, 3.8) is 0 Å². The van der Waals surface area contributed by atoms with Crippen LogP contribution in [0.4, 0.5) is 0 Å². The molecule has 0 saturated heterocycles. The lowest BCUT2D eigenvalue weighted by atomic mass is 9.97. The molecule has 0 spiro atoms. The van der Waals surface area contributed by atoms with Crippen LogP contribution in [-0.2, 0) is 0 Å². The van der Waals surface area contributed by atoms with E-state index in [1.807, 2.05) is 19.1 Å². The maximum absolute atomic E-state index is 9.53. The van der Waals surface area contributed by atoms with E-state index in [0.717, 1.165) is 33.8 Å². The smallest absolute Gasteiger partial charge is 0.125 e. The summed E-state index contributed by atoms with van der Waals surface area (Å²) in [5, 5.41) is 19.7. The lowest BCUT2D eigenvalue weighted by molar-refractivity contribution is 0.0950. The highest BCUT2D eigenvalue weighted by atomic mass is 79.9. The van der Waals surface area contributed by atoms with E-state index in [9.17, 15) is 5.11 Å². The molecule has 0 unspecified atom stereocenters. The summed E-state index contributed by atoms with van der Waals surface area (Å²) in [6, 6.07) is 5.43. The van der Waals surface area contributed by atoms with Crippen molar-refractivity contribution in [2.45, 2.75) is 32.3 Å². The zero-order valence-electron chi connectivity index (χ0n) is 10.2. The molecule has 1 aromatic carbocycles. The molecule has 1 aliphatic rings. The molecular formula is C14H16BrNO2. The molecule has 2 aromatic rings. The molecule has 1 saturated carbocycles. The van der Waals surface area contributed by atoms with Crippen LogP contribution in [0.3, 0.4) is 0 Å². The van der Waals surface area contributed by atoms with Gasteiger partial charge < -0.3 is 10.2 Å². The summed E-state index contributed by atoms with van der Waals surface area (Å²) in [6.07, 6.45) is 5.07. The van der Waals surface area contributed by atoms with Crippen LogP contribution in [0, 0.1) is 6.92 Å². The summed E-state index contributed by atoms with van der Waals surface area (Å²) in [5.41, 5.74) is 0.943. The second-order valence-corrected chi connectivity index (χ2v) is 5.38. The van der Waals surface area contributed by atoms with Crippen molar-refractivity contribution in [2.75, 3.05) is 0 Å². The third-order valence-electron chi connectivity index (χ3n) is 3.04. The summed E-state index contributed by atoms with van der Waals surface area (Å²) >= 11 is 3.43. The standard InChI is InChI=1S/C10H8BrNO.C4H8O/c1-6-4-7-8(5-12-6)10(13)3-2-9(7)11;5-4-2-1-3-4/h2-5,13H,1H3;4-5H,1-3H2. The van der Waals surface area contributed by atoms with Gasteiger partial charge in [0, 0.05) is 27.1 Å². The van der Waals surface area contributed by atoms with E-state index in [0.29, 0.717) is 0 Å². The van der Waals surface area contributed by atoms with E-state index < -0.39 is 0 Å². The maximum Gasteiger partial charge on any atom is 0.125 e. The van der Waals surface area contributed by atoms with Gasteiger partial charge in [-0.3, -0.25) is 4.98 Å². The quantitative estimate of drug-likeness (QED) is 0.782. The Labute approximate surface area is 115 Å². The minimum atomic E-state index is 0.0648. The number of hydrogen-bond acceptors (Lipinski definition) is 3. The van der Waals surface area contributed by atoms with Crippen LogP contribution in [0.25, 0.3) is 10.8 Å². The van der Waals surface area contributed by atoms with Gasteiger partial charge in [0.1, 0.15) is 5.75 Å². The highest BCUT2D eigenvalue weighted by molar-refractivity contribution is 9.10. The highest BCUT2D eigenvalue weighted by Crippen LogP contribution is 2.30. The van der Waals surface area contributed by atoms with E-state index in [1.54, 1.807) is 12.3 Å². The van der Waals surface area contributed by atoms with Crippen molar-refractivity contribution >= 4 is 26.7 Å². The SMILES string of the molecule is Cc1cc2c(Br)ccc(O)c2cn1.OC1CCC1. The first-order valence-electron chi connectivity index (χ1n) is 6.00. The first-order chi connectivity index (χ1) is 8.58. The van der Waals surface area contributed by atoms with Crippen molar-refractivity contribution in [1.82, 2.24) is 4.98 Å². The summed E-state index contributed by atoms with van der Waals surface area (Å²) in [7, 11) is 0. The first-order valence-corrected chi connectivity index (χ1v) is 6.79.